The van der Waals surface area contributed by atoms with Crippen LogP contribution in [-0.4, -0.2) is 15.5 Å². The average molecular weight is 228 g/mol. The van der Waals surface area contributed by atoms with Crippen molar-refractivity contribution in [2.45, 2.75) is 25.7 Å². The van der Waals surface area contributed by atoms with Crippen molar-refractivity contribution >= 4 is 15.7 Å². The maximum Gasteiger partial charge on any atom is 0.240 e. The van der Waals surface area contributed by atoms with Gasteiger partial charge in [-0.3, -0.25) is 0 Å². The van der Waals surface area contributed by atoms with Gasteiger partial charge in [0.1, 0.15) is 0 Å². The molecular weight excluding hydrogens is 212 g/mol. The van der Waals surface area contributed by atoms with Crippen molar-refractivity contribution in [3.63, 3.8) is 0 Å². The topological polar surface area (TPSA) is 72.2 Å². The van der Waals surface area contributed by atoms with Crippen LogP contribution in [-0.2, 0) is 10.0 Å². The van der Waals surface area contributed by atoms with E-state index in [2.05, 4.69) is 4.72 Å². The van der Waals surface area contributed by atoms with Gasteiger partial charge in [0.25, 0.3) is 0 Å². The minimum atomic E-state index is -3.43. The Kier molecular flexibility index (Phi) is 3.06. The molecule has 0 aliphatic heterocycles. The summed E-state index contributed by atoms with van der Waals surface area (Å²) in [5.74, 6) is 0. The van der Waals surface area contributed by atoms with E-state index in [1.807, 2.05) is 6.92 Å². The number of nitrogen functional groups attached to an aromatic ring is 1. The highest BCUT2D eigenvalue weighted by molar-refractivity contribution is 7.89. The summed E-state index contributed by atoms with van der Waals surface area (Å²) in [4.78, 5) is 0.294. The lowest BCUT2D eigenvalue weighted by atomic mass is 10.1. The Morgan fingerprint density at radius 2 is 1.73 bits per heavy atom. The second-order valence-corrected chi connectivity index (χ2v) is 5.39. The van der Waals surface area contributed by atoms with Crippen LogP contribution in [0.2, 0.25) is 0 Å². The zero-order valence-electron chi connectivity index (χ0n) is 9.38. The SMILES string of the molecule is CNS(=O)(=O)c1c(C)c(C)cc(N)c1C. The van der Waals surface area contributed by atoms with Gasteiger partial charge in [-0.25, -0.2) is 13.1 Å². The molecule has 0 bridgehead atoms. The van der Waals surface area contributed by atoms with Crippen LogP contribution in [0.5, 0.6) is 0 Å². The van der Waals surface area contributed by atoms with Crippen LogP contribution in [0.4, 0.5) is 5.69 Å². The summed E-state index contributed by atoms with van der Waals surface area (Å²) in [6, 6.07) is 1.79. The fraction of sp³-hybridized carbons (Fsp3) is 0.400. The predicted octanol–water partition coefficient (Wildman–Crippen LogP) is 1.10. The van der Waals surface area contributed by atoms with E-state index in [1.165, 1.54) is 7.05 Å². The van der Waals surface area contributed by atoms with Gasteiger partial charge >= 0.3 is 0 Å². The summed E-state index contributed by atoms with van der Waals surface area (Å²) in [6.45, 7) is 5.35. The number of aryl methyl sites for hydroxylation is 1. The lowest BCUT2D eigenvalue weighted by molar-refractivity contribution is 0.587. The molecule has 84 valence electrons. The minimum absolute atomic E-state index is 0.294. The Balaban J connectivity index is 3.68. The molecule has 0 fully saturated rings. The Bertz CT molecular complexity index is 466. The third kappa shape index (κ3) is 1.98. The molecule has 0 saturated carbocycles. The zero-order valence-corrected chi connectivity index (χ0v) is 10.2. The van der Waals surface area contributed by atoms with Crippen molar-refractivity contribution in [3.8, 4) is 0 Å². The number of benzene rings is 1. The smallest absolute Gasteiger partial charge is 0.240 e. The van der Waals surface area contributed by atoms with Gasteiger partial charge in [-0.2, -0.15) is 0 Å². The van der Waals surface area contributed by atoms with Crippen molar-refractivity contribution in [1.29, 1.82) is 0 Å². The van der Waals surface area contributed by atoms with E-state index in [-0.39, 0.29) is 0 Å². The van der Waals surface area contributed by atoms with Crippen molar-refractivity contribution < 1.29 is 8.42 Å². The van der Waals surface area contributed by atoms with Gasteiger partial charge in [0.15, 0.2) is 0 Å². The maximum absolute atomic E-state index is 11.8. The molecule has 0 heterocycles. The number of anilines is 1. The fourth-order valence-electron chi connectivity index (χ4n) is 1.55. The molecule has 0 saturated heterocycles. The summed E-state index contributed by atoms with van der Waals surface area (Å²) in [5, 5.41) is 0. The molecule has 15 heavy (non-hydrogen) atoms. The molecule has 0 aliphatic rings. The molecule has 0 amide bonds. The molecule has 0 aromatic heterocycles. The second-order valence-electron chi connectivity index (χ2n) is 3.57. The molecule has 1 aromatic rings. The molecule has 4 nitrogen and oxygen atoms in total. The Morgan fingerprint density at radius 3 is 2.20 bits per heavy atom. The normalized spacial score (nSPS) is 11.7. The van der Waals surface area contributed by atoms with Crippen molar-refractivity contribution in [2.75, 3.05) is 12.8 Å². The highest BCUT2D eigenvalue weighted by atomic mass is 32.2. The Labute approximate surface area is 90.5 Å². The van der Waals surface area contributed by atoms with Gasteiger partial charge in [-0.15, -0.1) is 0 Å². The molecule has 0 unspecified atom stereocenters. The largest absolute Gasteiger partial charge is 0.398 e. The van der Waals surface area contributed by atoms with Gasteiger partial charge in [0, 0.05) is 5.69 Å². The summed E-state index contributed by atoms with van der Waals surface area (Å²) < 4.78 is 25.9. The number of nitrogens with two attached hydrogens (primary N) is 1. The van der Waals surface area contributed by atoms with E-state index in [0.717, 1.165) is 11.1 Å². The highest BCUT2D eigenvalue weighted by Gasteiger charge is 2.20. The maximum atomic E-state index is 11.8. The molecule has 0 spiro atoms. The third-order valence-corrected chi connectivity index (χ3v) is 4.30. The molecule has 1 rings (SSSR count). The zero-order chi connectivity index (χ0) is 11.8. The number of hydrogen-bond acceptors (Lipinski definition) is 3. The molecular formula is C10H16N2O2S. The van der Waals surface area contributed by atoms with E-state index >= 15 is 0 Å². The van der Waals surface area contributed by atoms with Gasteiger partial charge in [-0.05, 0) is 50.6 Å². The standard InChI is InChI=1S/C10H16N2O2S/c1-6-5-9(11)8(3)10(7(6)2)15(13,14)12-4/h5,12H,11H2,1-4H3. The summed E-state index contributed by atoms with van der Waals surface area (Å²) in [7, 11) is -2.04. The van der Waals surface area contributed by atoms with Crippen molar-refractivity contribution in [3.05, 3.63) is 22.8 Å². The molecule has 0 atom stereocenters. The van der Waals surface area contributed by atoms with Gasteiger partial charge in [0.2, 0.25) is 10.0 Å². The van der Waals surface area contributed by atoms with Crippen LogP contribution in [0, 0.1) is 20.8 Å². The van der Waals surface area contributed by atoms with Gasteiger partial charge in [0.05, 0.1) is 4.90 Å². The van der Waals surface area contributed by atoms with E-state index in [4.69, 9.17) is 5.73 Å². The number of rotatable bonds is 2. The predicted molar refractivity (Wildman–Crippen MR) is 61.3 cm³/mol. The van der Waals surface area contributed by atoms with Crippen LogP contribution in [0.25, 0.3) is 0 Å². The number of nitrogens with one attached hydrogen (secondary N) is 1. The average Bonchev–Trinajstić information content (AvgIpc) is 2.15. The summed E-state index contributed by atoms with van der Waals surface area (Å²) >= 11 is 0. The highest BCUT2D eigenvalue weighted by Crippen LogP contribution is 2.27. The molecule has 5 heteroatoms. The number of sulfonamides is 1. The van der Waals surface area contributed by atoms with Crippen LogP contribution in [0.15, 0.2) is 11.0 Å². The van der Waals surface area contributed by atoms with Crippen LogP contribution in [0.1, 0.15) is 16.7 Å². The fourth-order valence-corrected chi connectivity index (χ4v) is 2.84. The van der Waals surface area contributed by atoms with E-state index in [0.29, 0.717) is 16.1 Å². The van der Waals surface area contributed by atoms with Crippen LogP contribution in [0.3, 0.4) is 0 Å². The summed E-state index contributed by atoms with van der Waals surface area (Å²) in [6.07, 6.45) is 0. The van der Waals surface area contributed by atoms with Crippen LogP contribution >= 0.6 is 0 Å². The van der Waals surface area contributed by atoms with Crippen LogP contribution < -0.4 is 10.5 Å². The lowest BCUT2D eigenvalue weighted by Gasteiger charge is -2.14. The first-order valence-electron chi connectivity index (χ1n) is 4.61. The van der Waals surface area contributed by atoms with E-state index in [1.54, 1.807) is 19.9 Å². The first-order valence-corrected chi connectivity index (χ1v) is 6.09. The third-order valence-electron chi connectivity index (χ3n) is 2.62. The second kappa shape index (κ2) is 3.83. The summed E-state index contributed by atoms with van der Waals surface area (Å²) in [5.41, 5.74) is 8.49. The minimum Gasteiger partial charge on any atom is -0.398 e. The Morgan fingerprint density at radius 1 is 1.20 bits per heavy atom. The lowest BCUT2D eigenvalue weighted by Crippen LogP contribution is -2.21. The van der Waals surface area contributed by atoms with Gasteiger partial charge < -0.3 is 5.73 Å². The monoisotopic (exact) mass is 228 g/mol. The van der Waals surface area contributed by atoms with Crippen molar-refractivity contribution in [1.82, 2.24) is 4.72 Å². The van der Waals surface area contributed by atoms with Crippen molar-refractivity contribution in [2.24, 2.45) is 0 Å². The Hall–Kier alpha value is -1.07. The first kappa shape index (κ1) is 12.0. The van der Waals surface area contributed by atoms with Gasteiger partial charge in [-0.1, -0.05) is 0 Å². The molecule has 0 aliphatic carbocycles. The first-order chi connectivity index (χ1) is 6.81. The molecule has 1 aromatic carbocycles. The number of hydrogen-bond donors (Lipinski definition) is 2. The molecule has 0 radical (unpaired) electrons. The quantitative estimate of drug-likeness (QED) is 0.745. The van der Waals surface area contributed by atoms with E-state index in [9.17, 15) is 8.42 Å². The van der Waals surface area contributed by atoms with E-state index < -0.39 is 10.0 Å². The molecule has 3 N–H and O–H groups in total.